The Balaban J connectivity index is 1.51. The van der Waals surface area contributed by atoms with Crippen molar-refractivity contribution in [3.63, 3.8) is 0 Å². The van der Waals surface area contributed by atoms with E-state index in [1.165, 1.54) is 36.4 Å². The van der Waals surface area contributed by atoms with Crippen LogP contribution in [0, 0.1) is 17.6 Å². The van der Waals surface area contributed by atoms with Crippen LogP contribution in [0.15, 0.2) is 48.5 Å². The summed E-state index contributed by atoms with van der Waals surface area (Å²) in [5, 5.41) is 57.7. The average molecular weight is 657 g/mol. The van der Waals surface area contributed by atoms with Crippen molar-refractivity contribution in [1.82, 2.24) is 0 Å². The van der Waals surface area contributed by atoms with E-state index in [2.05, 4.69) is 10.6 Å². The van der Waals surface area contributed by atoms with Gasteiger partial charge in [0.2, 0.25) is 0 Å². The summed E-state index contributed by atoms with van der Waals surface area (Å²) < 4.78 is 55.7. The van der Waals surface area contributed by atoms with Gasteiger partial charge in [-0.2, -0.15) is 0 Å². The van der Waals surface area contributed by atoms with E-state index < -0.39 is 98.3 Å². The smallest absolute Gasteiger partial charge is 0.412 e. The number of anilines is 2. The molecule has 0 saturated carbocycles. The predicted molar refractivity (Wildman–Crippen MR) is 154 cm³/mol. The normalized spacial score (nSPS) is 31.3. The van der Waals surface area contributed by atoms with Gasteiger partial charge in [0.25, 0.3) is 0 Å². The van der Waals surface area contributed by atoms with Gasteiger partial charge in [0.1, 0.15) is 61.0 Å². The molecule has 4 rings (SSSR count). The fourth-order valence-corrected chi connectivity index (χ4v) is 5.14. The van der Waals surface area contributed by atoms with Crippen LogP contribution >= 0.6 is 0 Å². The summed E-state index contributed by atoms with van der Waals surface area (Å²) in [7, 11) is 0. The third-order valence-electron chi connectivity index (χ3n) is 7.44. The molecule has 0 spiro atoms. The monoisotopic (exact) mass is 656 g/mol. The average Bonchev–Trinajstić information content (AvgIpc) is 3.01. The molecule has 0 aromatic heterocycles. The first-order valence-electron chi connectivity index (χ1n) is 14.6. The Morgan fingerprint density at radius 1 is 0.783 bits per heavy atom. The molecule has 10 atom stereocenters. The lowest BCUT2D eigenvalue weighted by Gasteiger charge is -2.47. The summed E-state index contributed by atoms with van der Waals surface area (Å²) in [4.78, 5) is 25.1. The van der Waals surface area contributed by atoms with Crippen molar-refractivity contribution in [3.8, 4) is 0 Å². The molecule has 2 aromatic rings. The number of hydrogen-bond acceptors (Lipinski definition) is 12. The Bertz CT molecular complexity index is 1320. The number of benzene rings is 2. The number of amides is 2. The molecule has 2 heterocycles. The molecule has 1 unspecified atom stereocenters. The van der Waals surface area contributed by atoms with Crippen molar-refractivity contribution < 1.29 is 67.6 Å². The van der Waals surface area contributed by atoms with E-state index in [1.807, 2.05) is 13.8 Å². The molecule has 14 nitrogen and oxygen atoms in total. The number of rotatable bonds is 10. The molecule has 0 aliphatic carbocycles. The molecule has 2 saturated heterocycles. The summed E-state index contributed by atoms with van der Waals surface area (Å²) in [6.45, 7) is 2.34. The van der Waals surface area contributed by atoms with E-state index in [-0.39, 0.29) is 17.3 Å². The number of nitrogens with one attached hydrogen (secondary N) is 2. The second-order valence-electron chi connectivity index (χ2n) is 11.3. The van der Waals surface area contributed by atoms with Crippen LogP contribution in [0.2, 0.25) is 0 Å². The highest BCUT2D eigenvalue weighted by Crippen LogP contribution is 2.32. The third-order valence-corrected chi connectivity index (χ3v) is 7.44. The van der Waals surface area contributed by atoms with E-state index in [9.17, 15) is 43.9 Å². The van der Waals surface area contributed by atoms with Crippen molar-refractivity contribution in [2.24, 2.45) is 5.92 Å². The topological polar surface area (TPSA) is 205 Å². The molecular weight excluding hydrogens is 618 g/mol. The van der Waals surface area contributed by atoms with E-state index in [1.54, 1.807) is 0 Å². The van der Waals surface area contributed by atoms with Gasteiger partial charge >= 0.3 is 12.2 Å². The number of para-hydroxylation sites is 2. The van der Waals surface area contributed by atoms with Crippen molar-refractivity contribution in [2.75, 3.05) is 23.8 Å². The summed E-state index contributed by atoms with van der Waals surface area (Å²) >= 11 is 0. The Kier molecular flexibility index (Phi) is 12.2. The first-order valence-corrected chi connectivity index (χ1v) is 14.6. The first-order chi connectivity index (χ1) is 21.9. The van der Waals surface area contributed by atoms with Crippen molar-refractivity contribution in [1.29, 1.82) is 0 Å². The van der Waals surface area contributed by atoms with Gasteiger partial charge in [-0.3, -0.25) is 10.6 Å². The minimum atomic E-state index is -1.97. The number of halogens is 2. The fourth-order valence-electron chi connectivity index (χ4n) is 5.14. The highest BCUT2D eigenvalue weighted by Gasteiger charge is 2.52. The number of carbonyl (C=O) groups excluding carboxylic acids is 2. The maximum absolute atomic E-state index is 14.1. The largest absolute Gasteiger partial charge is 0.446 e. The van der Waals surface area contributed by atoms with Crippen LogP contribution in [0.1, 0.15) is 20.3 Å². The zero-order valence-corrected chi connectivity index (χ0v) is 24.9. The molecule has 2 aliphatic heterocycles. The zero-order valence-electron chi connectivity index (χ0n) is 24.9. The van der Waals surface area contributed by atoms with Crippen LogP contribution < -0.4 is 10.6 Å². The third kappa shape index (κ3) is 8.65. The Labute approximate surface area is 262 Å². The molecule has 2 fully saturated rings. The first kappa shape index (κ1) is 35.4. The molecule has 0 radical (unpaired) electrons. The van der Waals surface area contributed by atoms with Crippen LogP contribution in [0.3, 0.4) is 0 Å². The molecule has 46 heavy (non-hydrogen) atoms. The van der Waals surface area contributed by atoms with Crippen LogP contribution in [0.4, 0.5) is 29.7 Å². The van der Waals surface area contributed by atoms with E-state index in [4.69, 9.17) is 23.7 Å². The molecule has 7 N–H and O–H groups in total. The maximum Gasteiger partial charge on any atom is 0.412 e. The number of aliphatic hydroxyl groups is 5. The zero-order chi connectivity index (χ0) is 33.5. The lowest BCUT2D eigenvalue weighted by atomic mass is 9.90. The van der Waals surface area contributed by atoms with E-state index in [0.717, 1.165) is 12.1 Å². The van der Waals surface area contributed by atoms with Gasteiger partial charge in [0.15, 0.2) is 12.4 Å². The molecular formula is C30H38F2N2O12. The summed E-state index contributed by atoms with van der Waals surface area (Å²) in [5.41, 5.74) is -0.463. The Morgan fingerprint density at radius 2 is 1.35 bits per heavy atom. The maximum atomic E-state index is 14.1. The molecule has 16 heteroatoms. The van der Waals surface area contributed by atoms with E-state index in [0.29, 0.717) is 6.42 Å². The molecule has 0 bridgehead atoms. The minimum Gasteiger partial charge on any atom is -0.446 e. The van der Waals surface area contributed by atoms with Crippen molar-refractivity contribution in [3.05, 3.63) is 60.2 Å². The second kappa shape index (κ2) is 15.9. The second-order valence-corrected chi connectivity index (χ2v) is 11.3. The molecule has 2 amide bonds. The molecule has 254 valence electrons. The summed E-state index contributed by atoms with van der Waals surface area (Å²) in [6.07, 6.45) is -17.7. The van der Waals surface area contributed by atoms with Crippen molar-refractivity contribution in [2.45, 2.75) is 81.5 Å². The van der Waals surface area contributed by atoms with Crippen LogP contribution in [-0.4, -0.2) is 112 Å². The van der Waals surface area contributed by atoms with Gasteiger partial charge in [-0.25, -0.2) is 18.4 Å². The summed E-state index contributed by atoms with van der Waals surface area (Å²) in [6, 6.07) is 10.4. The van der Waals surface area contributed by atoms with Crippen molar-refractivity contribution >= 4 is 23.6 Å². The lowest BCUT2D eigenvalue weighted by molar-refractivity contribution is -0.341. The number of hydrogen-bond donors (Lipinski definition) is 7. The number of aliphatic hydroxyl groups excluding tert-OH is 5. The van der Waals surface area contributed by atoms with Gasteiger partial charge in [0.05, 0.1) is 24.1 Å². The Morgan fingerprint density at radius 3 is 1.91 bits per heavy atom. The standard InChI is InChI=1S/C30H38F2N2O12/c1-14(2)11-19-22(36)23(37)26(20(12-35)43-19)45-28-25(39)24(38)27(46-30(41)34-18-10-6-4-8-16(18)32)21(44-28)13-42-29(40)33-17-9-5-3-7-15(17)31/h3-10,14,19-28,35-39H,11-13H2,1-2H3,(H,33,40)(H,34,41)/t19-,20+,21+,22-,23+,24+,25+,26?,27+,28-/m0/s1. The quantitative estimate of drug-likeness (QED) is 0.194. The highest BCUT2D eigenvalue weighted by atomic mass is 19.1. The minimum absolute atomic E-state index is 0.0752. The van der Waals surface area contributed by atoms with Crippen LogP contribution in [-0.2, 0) is 23.7 Å². The summed E-state index contributed by atoms with van der Waals surface area (Å²) in [5.74, 6) is -1.47. The number of ether oxygens (including phenoxy) is 5. The Hall–Kier alpha value is -3.48. The molecule has 2 aliphatic rings. The van der Waals surface area contributed by atoms with Gasteiger partial charge in [-0.15, -0.1) is 0 Å². The SMILES string of the molecule is CC(C)C[C@@H]1O[C@H](CO)C(O[C@@H]2O[C@H](COC(=O)Nc3ccccc3F)[C@@H](OC(=O)Nc3ccccc3F)[C@H](O)[C@H]2O)[C@H](O)[C@H]1O. The van der Waals surface area contributed by atoms with Gasteiger partial charge in [-0.05, 0) is 36.6 Å². The van der Waals surface area contributed by atoms with E-state index >= 15 is 0 Å². The lowest BCUT2D eigenvalue weighted by Crippen LogP contribution is -2.65. The van der Waals surface area contributed by atoms with Crippen LogP contribution in [0.5, 0.6) is 0 Å². The highest BCUT2D eigenvalue weighted by molar-refractivity contribution is 5.85. The number of carbonyl (C=O) groups is 2. The van der Waals surface area contributed by atoms with Gasteiger partial charge in [0, 0.05) is 0 Å². The predicted octanol–water partition coefficient (Wildman–Crippen LogP) is 1.49. The van der Waals surface area contributed by atoms with Gasteiger partial charge < -0.3 is 49.2 Å². The fraction of sp³-hybridized carbons (Fsp3) is 0.533. The molecule has 2 aromatic carbocycles. The van der Waals surface area contributed by atoms with Crippen LogP contribution in [0.25, 0.3) is 0 Å². The van der Waals surface area contributed by atoms with Gasteiger partial charge in [-0.1, -0.05) is 38.1 Å².